The molecular formula is C53H36N6. The quantitative estimate of drug-likeness (QED) is 0.169. The van der Waals surface area contributed by atoms with Crippen molar-refractivity contribution in [2.45, 2.75) is 6.92 Å². The first-order valence-electron chi connectivity index (χ1n) is 19.8. The lowest BCUT2D eigenvalue weighted by Crippen LogP contribution is -2.28. The van der Waals surface area contributed by atoms with Gasteiger partial charge in [-0.25, -0.2) is 19.9 Å². The van der Waals surface area contributed by atoms with Gasteiger partial charge in [-0.3, -0.25) is 4.40 Å². The first-order valence-corrected chi connectivity index (χ1v) is 19.8. The Morgan fingerprint density at radius 2 is 0.966 bits per heavy atom. The molecule has 7 aromatic carbocycles. The SMILES string of the molecule is C=C/C=c1\c(=C/C)c2nc3ccccc3n2c2ccc3c(c4ccccc4n3-c3ccc(-c4ccc(-c5nc(-c6ccccc6)nc(-c6ccccc6)n5)cc4)cc3)c12. The molecular weight excluding hydrogens is 721 g/mol. The van der Waals surface area contributed by atoms with Crippen molar-refractivity contribution in [1.82, 2.24) is 28.9 Å². The van der Waals surface area contributed by atoms with Crippen LogP contribution in [0.4, 0.5) is 0 Å². The Labute approximate surface area is 340 Å². The Morgan fingerprint density at radius 1 is 0.441 bits per heavy atom. The van der Waals surface area contributed by atoms with Crippen molar-refractivity contribution in [1.29, 1.82) is 0 Å². The molecule has 11 rings (SSSR count). The third-order valence-corrected chi connectivity index (χ3v) is 11.3. The highest BCUT2D eigenvalue weighted by Gasteiger charge is 2.19. The van der Waals surface area contributed by atoms with Gasteiger partial charge in [-0.15, -0.1) is 0 Å². The Hall–Kier alpha value is -7.96. The van der Waals surface area contributed by atoms with Gasteiger partial charge in [0.25, 0.3) is 0 Å². The van der Waals surface area contributed by atoms with Crippen molar-refractivity contribution in [2.24, 2.45) is 0 Å². The summed E-state index contributed by atoms with van der Waals surface area (Å²) in [5.74, 6) is 1.93. The van der Waals surface area contributed by atoms with Gasteiger partial charge in [-0.2, -0.15) is 0 Å². The van der Waals surface area contributed by atoms with Gasteiger partial charge < -0.3 is 4.57 Å². The first-order chi connectivity index (χ1) is 29.2. The average molecular weight is 757 g/mol. The monoisotopic (exact) mass is 756 g/mol. The molecule has 0 amide bonds. The van der Waals surface area contributed by atoms with E-state index in [2.05, 4.69) is 144 Å². The van der Waals surface area contributed by atoms with E-state index in [9.17, 15) is 0 Å². The smallest absolute Gasteiger partial charge is 0.164 e. The molecule has 0 fully saturated rings. The Bertz CT molecular complexity index is 3490. The van der Waals surface area contributed by atoms with Crippen LogP contribution in [0.25, 0.3) is 113 Å². The van der Waals surface area contributed by atoms with Crippen LogP contribution in [-0.4, -0.2) is 28.9 Å². The molecule has 0 bridgehead atoms. The number of allylic oxidation sites excluding steroid dienone is 1. The van der Waals surface area contributed by atoms with Crippen molar-refractivity contribution in [3.8, 4) is 51.0 Å². The van der Waals surface area contributed by atoms with Gasteiger partial charge in [0.15, 0.2) is 17.5 Å². The molecule has 4 heterocycles. The van der Waals surface area contributed by atoms with E-state index in [1.54, 1.807) is 0 Å². The van der Waals surface area contributed by atoms with Crippen LogP contribution in [0.3, 0.4) is 0 Å². The summed E-state index contributed by atoms with van der Waals surface area (Å²) in [6.45, 7) is 6.22. The zero-order valence-corrected chi connectivity index (χ0v) is 32.3. The third-order valence-electron chi connectivity index (χ3n) is 11.3. The number of imidazole rings is 1. The average Bonchev–Trinajstić information content (AvgIpc) is 3.86. The lowest BCUT2D eigenvalue weighted by Gasteiger charge is -2.12. The van der Waals surface area contributed by atoms with E-state index in [-0.39, 0.29) is 0 Å². The summed E-state index contributed by atoms with van der Waals surface area (Å²) in [5, 5.41) is 5.80. The second-order valence-electron chi connectivity index (χ2n) is 14.6. The second kappa shape index (κ2) is 13.9. The molecule has 6 heteroatoms. The van der Waals surface area contributed by atoms with Gasteiger partial charge in [0.2, 0.25) is 0 Å². The van der Waals surface area contributed by atoms with E-state index in [0.717, 1.165) is 77.2 Å². The molecule has 0 N–H and O–H groups in total. The maximum absolute atomic E-state index is 5.12. The lowest BCUT2D eigenvalue weighted by atomic mass is 10.0. The van der Waals surface area contributed by atoms with Crippen molar-refractivity contribution in [3.63, 3.8) is 0 Å². The molecule has 278 valence electrons. The van der Waals surface area contributed by atoms with Crippen LogP contribution in [-0.2, 0) is 0 Å². The van der Waals surface area contributed by atoms with Crippen LogP contribution in [0, 0.1) is 0 Å². The fraction of sp³-hybridized carbons (Fsp3) is 0.0189. The number of pyridine rings is 1. The molecule has 0 saturated heterocycles. The predicted molar refractivity (Wildman–Crippen MR) is 244 cm³/mol. The molecule has 0 unspecified atom stereocenters. The minimum atomic E-state index is 0.637. The maximum atomic E-state index is 5.12. The van der Waals surface area contributed by atoms with Gasteiger partial charge in [0.1, 0.15) is 5.65 Å². The molecule has 0 aliphatic heterocycles. The van der Waals surface area contributed by atoms with E-state index in [4.69, 9.17) is 19.9 Å². The Balaban J connectivity index is 1.03. The zero-order chi connectivity index (χ0) is 39.5. The molecule has 11 aromatic rings. The molecule has 6 nitrogen and oxygen atoms in total. The van der Waals surface area contributed by atoms with Gasteiger partial charge in [0, 0.05) is 43.8 Å². The summed E-state index contributed by atoms with van der Waals surface area (Å²) in [7, 11) is 0. The van der Waals surface area contributed by atoms with Crippen molar-refractivity contribution >= 4 is 61.5 Å². The third kappa shape index (κ3) is 5.57. The maximum Gasteiger partial charge on any atom is 0.164 e. The highest BCUT2D eigenvalue weighted by Crippen LogP contribution is 2.37. The number of hydrogen-bond acceptors (Lipinski definition) is 4. The van der Waals surface area contributed by atoms with Crippen LogP contribution in [0.15, 0.2) is 183 Å². The van der Waals surface area contributed by atoms with Crippen molar-refractivity contribution < 1.29 is 0 Å². The number of fused-ring (bicyclic) bond motifs is 9. The number of para-hydroxylation sites is 3. The van der Waals surface area contributed by atoms with Crippen molar-refractivity contribution in [3.05, 3.63) is 193 Å². The normalized spacial score (nSPS) is 12.4. The summed E-state index contributed by atoms with van der Waals surface area (Å²) in [4.78, 5) is 19.8. The van der Waals surface area contributed by atoms with Gasteiger partial charge in [-0.1, -0.05) is 152 Å². The topological polar surface area (TPSA) is 60.9 Å². The van der Waals surface area contributed by atoms with Crippen LogP contribution < -0.4 is 10.4 Å². The first kappa shape index (κ1) is 34.3. The molecule has 0 spiro atoms. The van der Waals surface area contributed by atoms with Crippen molar-refractivity contribution in [2.75, 3.05) is 0 Å². The standard InChI is InChI=1S/C53H36N6/c1-3-15-41-40(4-2)53-54-43-21-12-14-23-45(43)59(53)47-33-32-46-49(48(41)47)42-20-11-13-22-44(42)58(46)39-30-28-35(29-31-39)34-24-26-38(27-25-34)52-56-50(36-16-7-5-8-17-36)55-51(57-52)37-18-9-6-10-19-37/h3-33H,1H2,2H3/b40-4+,41-15+. The Morgan fingerprint density at radius 3 is 1.59 bits per heavy atom. The van der Waals surface area contributed by atoms with Crippen LogP contribution in [0.2, 0.25) is 0 Å². The van der Waals surface area contributed by atoms with Gasteiger partial charge in [0.05, 0.1) is 27.6 Å². The number of hydrogen-bond donors (Lipinski definition) is 0. The minimum absolute atomic E-state index is 0.637. The van der Waals surface area contributed by atoms with E-state index in [0.29, 0.717) is 17.5 Å². The van der Waals surface area contributed by atoms with E-state index in [1.807, 2.05) is 66.7 Å². The minimum Gasteiger partial charge on any atom is -0.309 e. The largest absolute Gasteiger partial charge is 0.309 e. The van der Waals surface area contributed by atoms with Gasteiger partial charge >= 0.3 is 0 Å². The highest BCUT2D eigenvalue weighted by atomic mass is 15.0. The molecule has 0 atom stereocenters. The van der Waals surface area contributed by atoms with E-state index in [1.165, 1.54) is 16.2 Å². The number of nitrogens with zero attached hydrogens (tertiary/aromatic N) is 6. The number of aromatic nitrogens is 6. The summed E-state index contributed by atoms with van der Waals surface area (Å²) in [5.41, 5.74) is 12.6. The van der Waals surface area contributed by atoms with E-state index < -0.39 is 0 Å². The van der Waals surface area contributed by atoms with E-state index >= 15 is 0 Å². The van der Waals surface area contributed by atoms with Crippen LogP contribution >= 0.6 is 0 Å². The summed E-state index contributed by atoms with van der Waals surface area (Å²) in [6.07, 6.45) is 6.19. The van der Waals surface area contributed by atoms with Crippen LogP contribution in [0.1, 0.15) is 6.92 Å². The summed E-state index contributed by atoms with van der Waals surface area (Å²) >= 11 is 0. The van der Waals surface area contributed by atoms with Crippen LogP contribution in [0.5, 0.6) is 0 Å². The molecule has 0 aliphatic carbocycles. The van der Waals surface area contributed by atoms with Gasteiger partial charge in [-0.05, 0) is 65.7 Å². The fourth-order valence-corrected chi connectivity index (χ4v) is 8.62. The second-order valence-corrected chi connectivity index (χ2v) is 14.6. The molecule has 4 aromatic heterocycles. The molecule has 0 radical (unpaired) electrons. The summed E-state index contributed by atoms with van der Waals surface area (Å²) < 4.78 is 4.70. The fourth-order valence-electron chi connectivity index (χ4n) is 8.62. The highest BCUT2D eigenvalue weighted by molar-refractivity contribution is 6.21. The molecule has 0 aliphatic rings. The predicted octanol–water partition coefficient (Wildman–Crippen LogP) is 11.4. The Kier molecular flexibility index (Phi) is 8.08. The number of rotatable bonds is 6. The molecule has 0 saturated carbocycles. The lowest BCUT2D eigenvalue weighted by molar-refractivity contribution is 1.07. The molecule has 59 heavy (non-hydrogen) atoms. The number of benzene rings is 7. The summed E-state index contributed by atoms with van der Waals surface area (Å²) in [6, 6.07) is 59.1. The zero-order valence-electron chi connectivity index (χ0n) is 32.3.